The number of anilines is 1. The molecule has 190 valence electrons. The minimum atomic E-state index is -4.50. The molecule has 0 saturated heterocycles. The fraction of sp³-hybridized carbons (Fsp3) is 0.400. The molecule has 11 heteroatoms. The lowest BCUT2D eigenvalue weighted by molar-refractivity contribution is -0.187. The van der Waals surface area contributed by atoms with Crippen LogP contribution in [0.5, 0.6) is 0 Å². The Morgan fingerprint density at radius 3 is 2.39 bits per heavy atom. The van der Waals surface area contributed by atoms with Crippen LogP contribution in [0.15, 0.2) is 36.9 Å². The minimum Gasteiger partial charge on any atom is -0.318 e. The molecule has 1 aromatic carbocycles. The molecule has 2 aromatic heterocycles. The van der Waals surface area contributed by atoms with E-state index in [1.54, 1.807) is 0 Å². The van der Waals surface area contributed by atoms with Gasteiger partial charge in [0, 0.05) is 29.8 Å². The van der Waals surface area contributed by atoms with E-state index < -0.39 is 35.6 Å². The molecule has 1 unspecified atom stereocenters. The van der Waals surface area contributed by atoms with Gasteiger partial charge in [-0.05, 0) is 31.0 Å². The Bertz CT molecular complexity index is 1250. The first kappa shape index (κ1) is 25.6. The third kappa shape index (κ3) is 5.34. The molecule has 1 aliphatic carbocycles. The number of halogens is 5. The Labute approximate surface area is 204 Å². The van der Waals surface area contributed by atoms with E-state index in [0.717, 1.165) is 24.5 Å². The summed E-state index contributed by atoms with van der Waals surface area (Å²) in [6.07, 6.45) is 0.100. The molecule has 0 spiro atoms. The highest BCUT2D eigenvalue weighted by atomic mass is 19.4. The quantitative estimate of drug-likeness (QED) is 0.405. The van der Waals surface area contributed by atoms with Crippen LogP contribution in [0.3, 0.4) is 0 Å². The van der Waals surface area contributed by atoms with Gasteiger partial charge in [-0.15, -0.1) is 0 Å². The summed E-state index contributed by atoms with van der Waals surface area (Å²) >= 11 is 0. The van der Waals surface area contributed by atoms with Crippen molar-refractivity contribution in [3.63, 3.8) is 0 Å². The third-order valence-electron chi connectivity index (χ3n) is 6.29. The van der Waals surface area contributed by atoms with Gasteiger partial charge < -0.3 is 5.32 Å². The lowest BCUT2D eigenvalue weighted by Gasteiger charge is -2.33. The summed E-state index contributed by atoms with van der Waals surface area (Å²) in [5.74, 6) is -4.62. The van der Waals surface area contributed by atoms with Gasteiger partial charge in [0.1, 0.15) is 29.5 Å². The minimum absolute atomic E-state index is 0.0180. The summed E-state index contributed by atoms with van der Waals surface area (Å²) in [6.45, 7) is 3.76. The molecular weight excluding hydrogens is 481 g/mol. The van der Waals surface area contributed by atoms with Crippen LogP contribution in [-0.4, -0.2) is 32.0 Å². The topological polar surface area (TPSA) is 80.7 Å². The smallest absolute Gasteiger partial charge is 0.318 e. The first-order chi connectivity index (χ1) is 17.1. The highest BCUT2D eigenvalue weighted by molar-refractivity contribution is 6.06. The van der Waals surface area contributed by atoms with Gasteiger partial charge in [-0.3, -0.25) is 4.79 Å². The summed E-state index contributed by atoms with van der Waals surface area (Å²) in [4.78, 5) is 29.5. The highest BCUT2D eigenvalue weighted by Gasteiger charge is 2.47. The van der Waals surface area contributed by atoms with E-state index in [0.29, 0.717) is 18.7 Å². The van der Waals surface area contributed by atoms with Crippen LogP contribution in [0.4, 0.5) is 27.6 Å². The summed E-state index contributed by atoms with van der Waals surface area (Å²) in [7, 11) is 0. The number of rotatable bonds is 5. The van der Waals surface area contributed by atoms with Gasteiger partial charge in [0.25, 0.3) is 5.91 Å². The zero-order valence-corrected chi connectivity index (χ0v) is 19.6. The number of nitrogens with one attached hydrogen (secondary N) is 1. The molecule has 0 bridgehead atoms. The molecule has 1 aliphatic rings. The standard InChI is InChI=1S/C25H24F5N5O/c1-13(2)23-31-10-14(11-32-23)24(36)35-22-20(16-5-3-4-6-18(16)25(28,29)30)33-12-34-21(22)17-9-15(26)7-8-19(17)27/h7-13,16,18H,3-6H2,1-2H3,(H,35,36)/t16-,18?/m0/s1. The van der Waals surface area contributed by atoms with Crippen molar-refractivity contribution in [1.29, 1.82) is 0 Å². The number of amides is 1. The number of aromatic nitrogens is 4. The number of hydrogen-bond donors (Lipinski definition) is 1. The zero-order chi connectivity index (χ0) is 26.0. The van der Waals surface area contributed by atoms with Gasteiger partial charge >= 0.3 is 6.18 Å². The van der Waals surface area contributed by atoms with Crippen LogP contribution in [0.25, 0.3) is 11.3 Å². The van der Waals surface area contributed by atoms with Gasteiger partial charge in [-0.25, -0.2) is 28.7 Å². The molecule has 1 fully saturated rings. The average Bonchev–Trinajstić information content (AvgIpc) is 2.85. The molecule has 0 aliphatic heterocycles. The van der Waals surface area contributed by atoms with E-state index >= 15 is 0 Å². The third-order valence-corrected chi connectivity index (χ3v) is 6.29. The van der Waals surface area contributed by atoms with E-state index in [2.05, 4.69) is 25.3 Å². The SMILES string of the molecule is CC(C)c1ncc(C(=O)Nc2c(-c3cc(F)ccc3F)ncnc2[C@H]2CCCCC2C(F)(F)F)cn1. The van der Waals surface area contributed by atoms with Crippen LogP contribution in [0.1, 0.15) is 73.2 Å². The fourth-order valence-corrected chi connectivity index (χ4v) is 4.48. The Balaban J connectivity index is 1.83. The monoisotopic (exact) mass is 505 g/mol. The van der Waals surface area contributed by atoms with Crippen molar-refractivity contribution in [3.05, 3.63) is 65.6 Å². The van der Waals surface area contributed by atoms with Crippen molar-refractivity contribution in [3.8, 4) is 11.3 Å². The van der Waals surface area contributed by atoms with E-state index in [-0.39, 0.29) is 47.0 Å². The fourth-order valence-electron chi connectivity index (χ4n) is 4.48. The second-order valence-electron chi connectivity index (χ2n) is 9.08. The maximum absolute atomic E-state index is 14.7. The van der Waals surface area contributed by atoms with Crippen molar-refractivity contribution in [1.82, 2.24) is 19.9 Å². The number of carbonyl (C=O) groups excluding carboxylic acids is 1. The summed E-state index contributed by atoms with van der Waals surface area (Å²) in [6, 6.07) is 2.67. The van der Waals surface area contributed by atoms with Crippen molar-refractivity contribution < 1.29 is 26.7 Å². The van der Waals surface area contributed by atoms with Crippen LogP contribution < -0.4 is 5.32 Å². The second kappa shape index (κ2) is 10.2. The van der Waals surface area contributed by atoms with Gasteiger partial charge in [0.15, 0.2) is 0 Å². The molecule has 2 heterocycles. The van der Waals surface area contributed by atoms with E-state index in [1.807, 2.05) is 13.8 Å². The Kier molecular flexibility index (Phi) is 7.28. The van der Waals surface area contributed by atoms with E-state index in [4.69, 9.17) is 0 Å². The molecular formula is C25H24F5N5O. The molecule has 3 aromatic rings. The average molecular weight is 505 g/mol. The lowest BCUT2D eigenvalue weighted by Crippen LogP contribution is -2.33. The van der Waals surface area contributed by atoms with E-state index in [1.165, 1.54) is 12.4 Å². The highest BCUT2D eigenvalue weighted by Crippen LogP contribution is 2.48. The maximum Gasteiger partial charge on any atom is 0.392 e. The van der Waals surface area contributed by atoms with Crippen molar-refractivity contribution >= 4 is 11.6 Å². The summed E-state index contributed by atoms with van der Waals surface area (Å²) in [5.41, 5.74) is -0.744. The van der Waals surface area contributed by atoms with Crippen LogP contribution >= 0.6 is 0 Å². The molecule has 0 radical (unpaired) electrons. The van der Waals surface area contributed by atoms with E-state index in [9.17, 15) is 26.7 Å². The summed E-state index contributed by atoms with van der Waals surface area (Å²) in [5, 5.41) is 2.56. The summed E-state index contributed by atoms with van der Waals surface area (Å²) < 4.78 is 70.5. The van der Waals surface area contributed by atoms with Gasteiger partial charge in [-0.1, -0.05) is 26.7 Å². The zero-order valence-electron chi connectivity index (χ0n) is 19.6. The predicted molar refractivity (Wildman–Crippen MR) is 122 cm³/mol. The van der Waals surface area contributed by atoms with Crippen LogP contribution in [0.2, 0.25) is 0 Å². The predicted octanol–water partition coefficient (Wildman–Crippen LogP) is 6.42. The van der Waals surface area contributed by atoms with Gasteiger partial charge in [0.05, 0.1) is 22.9 Å². The Hall–Kier alpha value is -3.50. The largest absolute Gasteiger partial charge is 0.392 e. The van der Waals surface area contributed by atoms with Crippen molar-refractivity contribution in [2.75, 3.05) is 5.32 Å². The molecule has 1 N–H and O–H groups in total. The molecule has 2 atom stereocenters. The normalized spacial score (nSPS) is 18.3. The van der Waals surface area contributed by atoms with Crippen LogP contribution in [-0.2, 0) is 0 Å². The second-order valence-corrected chi connectivity index (χ2v) is 9.08. The van der Waals surface area contributed by atoms with Crippen molar-refractivity contribution in [2.24, 2.45) is 5.92 Å². The number of nitrogens with zero attached hydrogens (tertiary/aromatic N) is 4. The molecule has 1 amide bonds. The number of hydrogen-bond acceptors (Lipinski definition) is 5. The molecule has 6 nitrogen and oxygen atoms in total. The lowest BCUT2D eigenvalue weighted by atomic mass is 9.76. The molecule has 36 heavy (non-hydrogen) atoms. The van der Waals surface area contributed by atoms with Gasteiger partial charge in [0.2, 0.25) is 0 Å². The Morgan fingerprint density at radius 1 is 1.03 bits per heavy atom. The molecule has 1 saturated carbocycles. The first-order valence-electron chi connectivity index (χ1n) is 11.6. The molecule has 4 rings (SSSR count). The Morgan fingerprint density at radius 2 is 1.72 bits per heavy atom. The van der Waals surface area contributed by atoms with Gasteiger partial charge in [-0.2, -0.15) is 13.2 Å². The van der Waals surface area contributed by atoms with Crippen molar-refractivity contribution in [2.45, 2.75) is 57.5 Å². The number of carbonyl (C=O) groups is 1. The van der Waals surface area contributed by atoms with Crippen LogP contribution in [0, 0.1) is 17.6 Å². The maximum atomic E-state index is 14.7. The number of benzene rings is 1. The number of alkyl halides is 3. The first-order valence-corrected chi connectivity index (χ1v) is 11.6.